The lowest BCUT2D eigenvalue weighted by molar-refractivity contribution is 0.403. The van der Waals surface area contributed by atoms with Gasteiger partial charge in [0.25, 0.3) is 10.0 Å². The predicted molar refractivity (Wildman–Crippen MR) is 89.7 cm³/mol. The zero-order valence-corrected chi connectivity index (χ0v) is 14.0. The van der Waals surface area contributed by atoms with E-state index < -0.39 is 10.0 Å². The molecule has 0 bridgehead atoms. The number of sulfonamides is 1. The molecule has 2 aromatic rings. The molecule has 3 rings (SSSR count). The highest BCUT2D eigenvalue weighted by Crippen LogP contribution is 2.29. The van der Waals surface area contributed by atoms with Crippen molar-refractivity contribution >= 4 is 33.1 Å². The highest BCUT2D eigenvalue weighted by molar-refractivity contribution is 7.92. The molecule has 1 heterocycles. The van der Waals surface area contributed by atoms with E-state index in [0.29, 0.717) is 16.8 Å². The molecule has 0 radical (unpaired) electrons. The fourth-order valence-electron chi connectivity index (χ4n) is 2.05. The maximum atomic E-state index is 12.5. The van der Waals surface area contributed by atoms with Gasteiger partial charge in [-0.3, -0.25) is 4.72 Å². The van der Waals surface area contributed by atoms with Gasteiger partial charge < -0.3 is 10.1 Å². The first-order valence-corrected chi connectivity index (χ1v) is 8.93. The van der Waals surface area contributed by atoms with Gasteiger partial charge in [-0.05, 0) is 43.2 Å². The zero-order chi connectivity index (χ0) is 16.4. The summed E-state index contributed by atoms with van der Waals surface area (Å²) in [5.74, 6) is 0.956. The molecular formula is C15H16ClN3O3S. The molecule has 122 valence electrons. The van der Waals surface area contributed by atoms with Crippen LogP contribution < -0.4 is 14.8 Å². The second-order valence-electron chi connectivity index (χ2n) is 5.25. The lowest BCUT2D eigenvalue weighted by atomic mass is 10.3. The summed E-state index contributed by atoms with van der Waals surface area (Å²) in [6.45, 7) is 0. The maximum absolute atomic E-state index is 12.5. The van der Waals surface area contributed by atoms with Gasteiger partial charge in [0, 0.05) is 11.1 Å². The van der Waals surface area contributed by atoms with Crippen molar-refractivity contribution in [1.82, 2.24) is 4.98 Å². The van der Waals surface area contributed by atoms with Gasteiger partial charge in [0.2, 0.25) is 0 Å². The van der Waals surface area contributed by atoms with Crippen LogP contribution in [0.15, 0.2) is 41.4 Å². The Kier molecular flexibility index (Phi) is 4.32. The van der Waals surface area contributed by atoms with E-state index in [9.17, 15) is 8.42 Å². The van der Waals surface area contributed by atoms with Crippen molar-refractivity contribution in [2.24, 2.45) is 0 Å². The van der Waals surface area contributed by atoms with Crippen molar-refractivity contribution < 1.29 is 13.2 Å². The van der Waals surface area contributed by atoms with Gasteiger partial charge in [0.1, 0.15) is 16.5 Å². The van der Waals surface area contributed by atoms with E-state index >= 15 is 0 Å². The SMILES string of the molecule is COc1ccc(Cl)cc1S(=O)(=O)Nc1ccc(NC2CC2)nc1. The second kappa shape index (κ2) is 6.25. The Bertz CT molecular complexity index is 805. The molecule has 1 fully saturated rings. The Hall–Kier alpha value is -1.99. The topological polar surface area (TPSA) is 80.3 Å². The van der Waals surface area contributed by atoms with Gasteiger partial charge in [0.15, 0.2) is 0 Å². The van der Waals surface area contributed by atoms with Crippen molar-refractivity contribution in [2.75, 3.05) is 17.1 Å². The number of ether oxygens (including phenoxy) is 1. The number of hydrogen-bond acceptors (Lipinski definition) is 5. The predicted octanol–water partition coefficient (Wildman–Crippen LogP) is 3.12. The molecule has 0 aliphatic heterocycles. The Labute approximate surface area is 139 Å². The van der Waals surface area contributed by atoms with Crippen LogP contribution in [0.2, 0.25) is 5.02 Å². The molecule has 1 aliphatic carbocycles. The third kappa shape index (κ3) is 3.86. The van der Waals surface area contributed by atoms with Gasteiger partial charge >= 0.3 is 0 Å². The standard InChI is InChI=1S/C15H16ClN3O3S/c1-22-13-6-2-10(16)8-14(13)23(20,21)19-12-5-7-15(17-9-12)18-11-3-4-11/h2,5-9,11,19H,3-4H2,1H3,(H,17,18). The average molecular weight is 354 g/mol. The van der Waals surface area contributed by atoms with Crippen molar-refractivity contribution in [2.45, 2.75) is 23.8 Å². The van der Waals surface area contributed by atoms with Crippen LogP contribution in [-0.2, 0) is 10.0 Å². The van der Waals surface area contributed by atoms with Crippen LogP contribution >= 0.6 is 11.6 Å². The number of hydrogen-bond donors (Lipinski definition) is 2. The van der Waals surface area contributed by atoms with Crippen molar-refractivity contribution in [3.8, 4) is 5.75 Å². The summed E-state index contributed by atoms with van der Waals surface area (Å²) in [5, 5.41) is 3.55. The van der Waals surface area contributed by atoms with Crippen LogP contribution in [-0.4, -0.2) is 26.6 Å². The van der Waals surface area contributed by atoms with Crippen molar-refractivity contribution in [3.63, 3.8) is 0 Å². The number of anilines is 2. The normalized spacial score (nSPS) is 14.3. The van der Waals surface area contributed by atoms with Gasteiger partial charge in [-0.25, -0.2) is 13.4 Å². The molecule has 1 aromatic heterocycles. The molecule has 8 heteroatoms. The number of methoxy groups -OCH3 is 1. The number of nitrogens with zero attached hydrogens (tertiary/aromatic N) is 1. The summed E-state index contributed by atoms with van der Waals surface area (Å²) in [6.07, 6.45) is 3.76. The monoisotopic (exact) mass is 353 g/mol. The molecule has 2 N–H and O–H groups in total. The Morgan fingerprint density at radius 2 is 2.04 bits per heavy atom. The minimum atomic E-state index is -3.82. The smallest absolute Gasteiger partial charge is 0.265 e. The fourth-order valence-corrected chi connectivity index (χ4v) is 3.52. The van der Waals surface area contributed by atoms with Gasteiger partial charge in [0.05, 0.1) is 19.0 Å². The van der Waals surface area contributed by atoms with Gasteiger partial charge in [-0.2, -0.15) is 0 Å². The molecule has 1 saturated carbocycles. The molecule has 6 nitrogen and oxygen atoms in total. The molecule has 0 unspecified atom stereocenters. The zero-order valence-electron chi connectivity index (χ0n) is 12.4. The van der Waals surface area contributed by atoms with Crippen LogP contribution in [0.1, 0.15) is 12.8 Å². The first-order chi connectivity index (χ1) is 11.0. The fraction of sp³-hybridized carbons (Fsp3) is 0.267. The van der Waals surface area contributed by atoms with E-state index in [1.165, 1.54) is 25.4 Å². The van der Waals surface area contributed by atoms with Crippen LogP contribution in [0.25, 0.3) is 0 Å². The third-order valence-electron chi connectivity index (χ3n) is 3.36. The molecule has 0 amide bonds. The summed E-state index contributed by atoms with van der Waals surface area (Å²) >= 11 is 5.89. The summed E-state index contributed by atoms with van der Waals surface area (Å²) in [7, 11) is -2.42. The van der Waals surface area contributed by atoms with Crippen LogP contribution in [0.3, 0.4) is 0 Å². The quantitative estimate of drug-likeness (QED) is 0.834. The number of halogens is 1. The number of rotatable bonds is 6. The lowest BCUT2D eigenvalue weighted by Crippen LogP contribution is -2.14. The summed E-state index contributed by atoms with van der Waals surface area (Å²) in [5.41, 5.74) is 0.369. The van der Waals surface area contributed by atoms with E-state index in [1.807, 2.05) is 0 Å². The Balaban J connectivity index is 1.81. The first-order valence-electron chi connectivity index (χ1n) is 7.07. The third-order valence-corrected chi connectivity index (χ3v) is 5.00. The molecule has 0 saturated heterocycles. The van der Waals surface area contributed by atoms with Crippen molar-refractivity contribution in [3.05, 3.63) is 41.6 Å². The Morgan fingerprint density at radius 1 is 1.26 bits per heavy atom. The molecule has 23 heavy (non-hydrogen) atoms. The van der Waals surface area contributed by atoms with E-state index in [1.54, 1.807) is 18.2 Å². The first kappa shape index (κ1) is 15.9. The molecule has 1 aliphatic rings. The number of aromatic nitrogens is 1. The van der Waals surface area contributed by atoms with Gasteiger partial charge in [-0.15, -0.1) is 0 Å². The number of pyridine rings is 1. The summed E-state index contributed by atoms with van der Waals surface area (Å²) in [4.78, 5) is 4.18. The minimum Gasteiger partial charge on any atom is -0.495 e. The second-order valence-corrected chi connectivity index (χ2v) is 7.34. The largest absolute Gasteiger partial charge is 0.495 e. The van der Waals surface area contributed by atoms with E-state index in [0.717, 1.165) is 18.7 Å². The van der Waals surface area contributed by atoms with Crippen LogP contribution in [0, 0.1) is 0 Å². The number of nitrogens with one attached hydrogen (secondary N) is 2. The van der Waals surface area contributed by atoms with E-state index in [2.05, 4.69) is 15.0 Å². The lowest BCUT2D eigenvalue weighted by Gasteiger charge is -2.12. The van der Waals surface area contributed by atoms with Crippen LogP contribution in [0.5, 0.6) is 5.75 Å². The minimum absolute atomic E-state index is 0.0207. The molecular weight excluding hydrogens is 338 g/mol. The summed E-state index contributed by atoms with van der Waals surface area (Å²) in [6, 6.07) is 8.31. The highest BCUT2D eigenvalue weighted by atomic mass is 35.5. The average Bonchev–Trinajstić information content (AvgIpc) is 3.33. The molecule has 0 spiro atoms. The maximum Gasteiger partial charge on any atom is 0.265 e. The molecule has 0 atom stereocenters. The van der Waals surface area contributed by atoms with Gasteiger partial charge in [-0.1, -0.05) is 11.6 Å². The van der Waals surface area contributed by atoms with E-state index in [4.69, 9.17) is 16.3 Å². The highest BCUT2D eigenvalue weighted by Gasteiger charge is 2.22. The number of benzene rings is 1. The summed E-state index contributed by atoms with van der Waals surface area (Å²) < 4.78 is 32.6. The van der Waals surface area contributed by atoms with E-state index in [-0.39, 0.29) is 10.6 Å². The van der Waals surface area contributed by atoms with Crippen molar-refractivity contribution in [1.29, 1.82) is 0 Å². The van der Waals surface area contributed by atoms with Crippen LogP contribution in [0.4, 0.5) is 11.5 Å². The Morgan fingerprint density at radius 3 is 2.65 bits per heavy atom. The molecule has 1 aromatic carbocycles.